The monoisotopic (exact) mass is 319 g/mol. The summed E-state index contributed by atoms with van der Waals surface area (Å²) in [6.07, 6.45) is 6.85. The Hall–Kier alpha value is -3.02. The fourth-order valence-electron chi connectivity index (χ4n) is 3.01. The molecule has 1 amide bonds. The highest BCUT2D eigenvalue weighted by molar-refractivity contribution is 6.04. The molecule has 4 rings (SSSR count). The van der Waals surface area contributed by atoms with Crippen LogP contribution in [0.4, 0.5) is 5.82 Å². The van der Waals surface area contributed by atoms with Crippen molar-refractivity contribution in [2.24, 2.45) is 0 Å². The van der Waals surface area contributed by atoms with Crippen molar-refractivity contribution >= 4 is 22.6 Å². The number of carbonyl (C=O) groups excluding carboxylic acids is 1. The molecule has 0 aromatic carbocycles. The minimum atomic E-state index is -0.00697. The minimum absolute atomic E-state index is 0.00697. The summed E-state index contributed by atoms with van der Waals surface area (Å²) in [5.74, 6) is 0.950. The molecule has 24 heavy (non-hydrogen) atoms. The molecule has 3 aromatic heterocycles. The van der Waals surface area contributed by atoms with Crippen molar-refractivity contribution in [1.29, 1.82) is 0 Å². The smallest absolute Gasteiger partial charge is 0.257 e. The second-order valence-corrected chi connectivity index (χ2v) is 5.73. The molecule has 1 aliphatic rings. The summed E-state index contributed by atoms with van der Waals surface area (Å²) in [5, 5.41) is 0.885. The maximum Gasteiger partial charge on any atom is 0.257 e. The lowest BCUT2D eigenvalue weighted by molar-refractivity contribution is 0.0748. The van der Waals surface area contributed by atoms with Crippen molar-refractivity contribution in [2.45, 2.75) is 0 Å². The van der Waals surface area contributed by atoms with Crippen LogP contribution in [0.15, 0.2) is 55.1 Å². The number of hydrogen-bond donors (Lipinski definition) is 0. The molecular formula is C18H17N5O. The van der Waals surface area contributed by atoms with E-state index in [1.165, 1.54) is 0 Å². The van der Waals surface area contributed by atoms with Crippen LogP contribution >= 0.6 is 0 Å². The average Bonchev–Trinajstić information content (AvgIpc) is 2.68. The average molecular weight is 319 g/mol. The van der Waals surface area contributed by atoms with Crippen LogP contribution in [0.3, 0.4) is 0 Å². The van der Waals surface area contributed by atoms with E-state index in [2.05, 4.69) is 19.9 Å². The van der Waals surface area contributed by atoms with Gasteiger partial charge >= 0.3 is 0 Å². The van der Waals surface area contributed by atoms with E-state index >= 15 is 0 Å². The Morgan fingerprint density at radius 3 is 2.54 bits per heavy atom. The molecule has 0 saturated carbocycles. The van der Waals surface area contributed by atoms with Gasteiger partial charge in [0.25, 0.3) is 5.91 Å². The largest absolute Gasteiger partial charge is 0.353 e. The normalized spacial score (nSPS) is 14.8. The Labute approximate surface area is 139 Å². The van der Waals surface area contributed by atoms with Gasteiger partial charge in [-0.3, -0.25) is 14.8 Å². The second-order valence-electron chi connectivity index (χ2n) is 5.73. The molecule has 0 aliphatic carbocycles. The lowest BCUT2D eigenvalue weighted by Gasteiger charge is -2.35. The summed E-state index contributed by atoms with van der Waals surface area (Å²) in [6, 6.07) is 9.65. The van der Waals surface area contributed by atoms with Crippen LogP contribution in [0, 0.1) is 0 Å². The molecule has 0 N–H and O–H groups in total. The molecular weight excluding hydrogens is 302 g/mol. The van der Waals surface area contributed by atoms with Gasteiger partial charge in [0.05, 0.1) is 11.1 Å². The van der Waals surface area contributed by atoms with E-state index in [-0.39, 0.29) is 5.91 Å². The van der Waals surface area contributed by atoms with Gasteiger partial charge in [0.1, 0.15) is 5.82 Å². The lowest BCUT2D eigenvalue weighted by atomic mass is 10.1. The summed E-state index contributed by atoms with van der Waals surface area (Å²) in [5.41, 5.74) is 1.28. The molecule has 6 heteroatoms. The summed E-state index contributed by atoms with van der Waals surface area (Å²) in [7, 11) is 0. The van der Waals surface area contributed by atoms with Crippen molar-refractivity contribution in [2.75, 3.05) is 31.1 Å². The summed E-state index contributed by atoms with van der Waals surface area (Å²) in [4.78, 5) is 29.8. The van der Waals surface area contributed by atoms with Crippen molar-refractivity contribution in [3.05, 3.63) is 60.7 Å². The van der Waals surface area contributed by atoms with Crippen LogP contribution in [0.5, 0.6) is 0 Å². The van der Waals surface area contributed by atoms with E-state index in [4.69, 9.17) is 0 Å². The molecule has 120 valence electrons. The standard InChI is InChI=1S/C18H17N5O/c24-18(15-13-19-12-14-4-3-7-21-17(14)15)23-10-8-22(9-11-23)16-5-1-2-6-20-16/h1-7,12-13H,8-11H2. The van der Waals surface area contributed by atoms with Crippen molar-refractivity contribution in [3.8, 4) is 0 Å². The van der Waals surface area contributed by atoms with E-state index in [1.54, 1.807) is 24.8 Å². The summed E-state index contributed by atoms with van der Waals surface area (Å²) < 4.78 is 0. The van der Waals surface area contributed by atoms with Crippen molar-refractivity contribution in [3.63, 3.8) is 0 Å². The van der Waals surface area contributed by atoms with Crippen LogP contribution in [-0.2, 0) is 0 Å². The van der Waals surface area contributed by atoms with E-state index in [0.717, 1.165) is 24.3 Å². The number of nitrogens with zero attached hydrogens (tertiary/aromatic N) is 5. The number of carbonyl (C=O) groups is 1. The number of anilines is 1. The molecule has 6 nitrogen and oxygen atoms in total. The van der Waals surface area contributed by atoms with E-state index in [0.29, 0.717) is 24.2 Å². The van der Waals surface area contributed by atoms with Gasteiger partial charge in [-0.25, -0.2) is 4.98 Å². The van der Waals surface area contributed by atoms with E-state index in [9.17, 15) is 4.79 Å². The molecule has 0 atom stereocenters. The molecule has 1 fully saturated rings. The van der Waals surface area contributed by atoms with Crippen LogP contribution in [0.25, 0.3) is 10.9 Å². The van der Waals surface area contributed by atoms with Gasteiger partial charge < -0.3 is 9.80 Å². The Balaban J connectivity index is 1.52. The fraction of sp³-hybridized carbons (Fsp3) is 0.222. The lowest BCUT2D eigenvalue weighted by Crippen LogP contribution is -2.49. The van der Waals surface area contributed by atoms with Gasteiger partial charge in [-0.15, -0.1) is 0 Å². The summed E-state index contributed by atoms with van der Waals surface area (Å²) in [6.45, 7) is 2.88. The van der Waals surface area contributed by atoms with Crippen LogP contribution in [0.1, 0.15) is 10.4 Å². The fourth-order valence-corrected chi connectivity index (χ4v) is 3.01. The SMILES string of the molecule is O=C(c1cncc2cccnc12)N1CCN(c2ccccn2)CC1. The van der Waals surface area contributed by atoms with Crippen LogP contribution in [0.2, 0.25) is 0 Å². The zero-order chi connectivity index (χ0) is 16.4. The molecule has 0 unspecified atom stereocenters. The molecule has 4 heterocycles. The first-order chi connectivity index (χ1) is 11.8. The zero-order valence-electron chi connectivity index (χ0n) is 13.2. The Bertz CT molecular complexity index is 854. The Morgan fingerprint density at radius 1 is 0.917 bits per heavy atom. The molecule has 0 radical (unpaired) electrons. The molecule has 0 bridgehead atoms. The van der Waals surface area contributed by atoms with Crippen LogP contribution in [-0.4, -0.2) is 51.9 Å². The number of aromatic nitrogens is 3. The predicted octanol–water partition coefficient (Wildman–Crippen LogP) is 1.99. The molecule has 1 saturated heterocycles. The van der Waals surface area contributed by atoms with E-state index < -0.39 is 0 Å². The number of pyridine rings is 3. The minimum Gasteiger partial charge on any atom is -0.353 e. The highest BCUT2D eigenvalue weighted by atomic mass is 16.2. The van der Waals surface area contributed by atoms with Gasteiger partial charge in [0, 0.05) is 56.4 Å². The van der Waals surface area contributed by atoms with E-state index in [1.807, 2.05) is 35.2 Å². The Kier molecular flexibility index (Phi) is 3.78. The first-order valence-corrected chi connectivity index (χ1v) is 7.97. The number of rotatable bonds is 2. The number of amides is 1. The van der Waals surface area contributed by atoms with Gasteiger partial charge in [-0.05, 0) is 24.3 Å². The quantitative estimate of drug-likeness (QED) is 0.723. The Morgan fingerprint density at radius 2 is 1.75 bits per heavy atom. The van der Waals surface area contributed by atoms with Gasteiger partial charge in [-0.1, -0.05) is 6.07 Å². The van der Waals surface area contributed by atoms with Gasteiger partial charge in [0.2, 0.25) is 0 Å². The predicted molar refractivity (Wildman–Crippen MR) is 91.9 cm³/mol. The van der Waals surface area contributed by atoms with Crippen LogP contribution < -0.4 is 4.90 Å². The second kappa shape index (κ2) is 6.23. The van der Waals surface area contributed by atoms with Crippen molar-refractivity contribution in [1.82, 2.24) is 19.9 Å². The molecule has 1 aliphatic heterocycles. The maximum atomic E-state index is 12.9. The highest BCUT2D eigenvalue weighted by Gasteiger charge is 2.24. The molecule has 0 spiro atoms. The zero-order valence-corrected chi connectivity index (χ0v) is 13.2. The topological polar surface area (TPSA) is 62.2 Å². The third-order valence-electron chi connectivity index (χ3n) is 4.28. The third kappa shape index (κ3) is 2.67. The number of hydrogen-bond acceptors (Lipinski definition) is 5. The first kappa shape index (κ1) is 14.6. The third-order valence-corrected chi connectivity index (χ3v) is 4.28. The maximum absolute atomic E-state index is 12.9. The highest BCUT2D eigenvalue weighted by Crippen LogP contribution is 2.18. The van der Waals surface area contributed by atoms with Gasteiger partial charge in [0.15, 0.2) is 0 Å². The first-order valence-electron chi connectivity index (χ1n) is 7.97. The van der Waals surface area contributed by atoms with Gasteiger partial charge in [-0.2, -0.15) is 0 Å². The molecule has 3 aromatic rings. The summed E-state index contributed by atoms with van der Waals surface area (Å²) >= 11 is 0. The number of piperazine rings is 1. The van der Waals surface area contributed by atoms with Crippen molar-refractivity contribution < 1.29 is 4.79 Å². The number of fused-ring (bicyclic) bond motifs is 1.